The van der Waals surface area contributed by atoms with E-state index < -0.39 is 0 Å². The molecule has 0 aliphatic rings. The zero-order chi connectivity index (χ0) is 20.0. The Labute approximate surface area is 176 Å². The molecule has 2 rings (SSSR count). The molecule has 6 heteroatoms. The van der Waals surface area contributed by atoms with Crippen molar-refractivity contribution in [2.75, 3.05) is 42.7 Å². The number of nitrogens with zero attached hydrogens (tertiary/aromatic N) is 2. The van der Waals surface area contributed by atoms with Crippen molar-refractivity contribution in [1.29, 1.82) is 0 Å². The summed E-state index contributed by atoms with van der Waals surface area (Å²) in [7, 11) is 3.89. The van der Waals surface area contributed by atoms with E-state index in [9.17, 15) is 10.2 Å². The van der Waals surface area contributed by atoms with Crippen LogP contribution in [0.15, 0.2) is 48.7 Å². The van der Waals surface area contributed by atoms with Gasteiger partial charge in [-0.2, -0.15) is 4.57 Å². The van der Waals surface area contributed by atoms with Gasteiger partial charge in [0, 0.05) is 42.7 Å². The van der Waals surface area contributed by atoms with E-state index in [1.807, 2.05) is 38.6 Å². The topological polar surface area (TPSA) is 47.6 Å². The van der Waals surface area contributed by atoms with Crippen LogP contribution >= 0.6 is 21.6 Å². The van der Waals surface area contributed by atoms with Gasteiger partial charge in [-0.05, 0) is 36.3 Å². The van der Waals surface area contributed by atoms with Crippen molar-refractivity contribution in [2.24, 2.45) is 0 Å². The third-order valence-corrected chi connectivity index (χ3v) is 6.80. The van der Waals surface area contributed by atoms with E-state index in [4.69, 9.17) is 0 Å². The lowest BCUT2D eigenvalue weighted by Crippen LogP contribution is -2.37. The van der Waals surface area contributed by atoms with Gasteiger partial charge < -0.3 is 15.1 Å². The number of anilines is 1. The summed E-state index contributed by atoms with van der Waals surface area (Å²) in [4.78, 5) is 1.98. The molecule has 0 saturated carbocycles. The first kappa shape index (κ1) is 22.8. The Morgan fingerprint density at radius 3 is 2.32 bits per heavy atom. The number of hydrogen-bond acceptors (Lipinski definition) is 5. The molecule has 0 unspecified atom stereocenters. The predicted octanol–water partition coefficient (Wildman–Crippen LogP) is 3.73. The number of rotatable bonds is 13. The smallest absolute Gasteiger partial charge is 0.205 e. The van der Waals surface area contributed by atoms with Gasteiger partial charge in [0.1, 0.15) is 0 Å². The highest BCUT2D eigenvalue weighted by Crippen LogP contribution is 2.21. The summed E-state index contributed by atoms with van der Waals surface area (Å²) in [5.74, 6) is 2.31. The summed E-state index contributed by atoms with van der Waals surface area (Å²) >= 11 is 0. The number of aliphatic hydroxyl groups is 2. The molecular formula is C22H31N2O2S2+. The largest absolute Gasteiger partial charge is 0.395 e. The Balaban J connectivity index is 1.99. The molecule has 152 valence electrons. The van der Waals surface area contributed by atoms with Crippen LogP contribution < -0.4 is 9.47 Å². The van der Waals surface area contributed by atoms with Gasteiger partial charge in [-0.1, -0.05) is 40.6 Å². The fraction of sp³-hybridized carbons (Fsp3) is 0.409. The number of aryl methyl sites for hydroxylation is 1. The Hall–Kier alpha value is -1.47. The number of hydrogen-bond donors (Lipinski definition) is 2. The highest BCUT2D eigenvalue weighted by atomic mass is 33.1. The van der Waals surface area contributed by atoms with Gasteiger partial charge in [0.05, 0.1) is 19.0 Å². The molecule has 0 bridgehead atoms. The molecule has 4 nitrogen and oxygen atoms in total. The van der Waals surface area contributed by atoms with Crippen LogP contribution in [0.2, 0.25) is 0 Å². The second-order valence-electron chi connectivity index (χ2n) is 6.32. The monoisotopic (exact) mass is 419 g/mol. The van der Waals surface area contributed by atoms with Crippen molar-refractivity contribution < 1.29 is 14.8 Å². The maximum absolute atomic E-state index is 9.18. The van der Waals surface area contributed by atoms with Crippen molar-refractivity contribution in [2.45, 2.75) is 19.9 Å². The number of aliphatic hydroxyl groups excluding tert-OH is 2. The van der Waals surface area contributed by atoms with Crippen LogP contribution in [0.25, 0.3) is 12.2 Å². The molecule has 0 spiro atoms. The SMILES string of the molecule is CCCSSCC[n+]1ccccc1/C=C/c1ccc(N(CCO)CCO)cc1. The molecule has 2 N–H and O–H groups in total. The second kappa shape index (κ2) is 13.7. The highest BCUT2D eigenvalue weighted by molar-refractivity contribution is 8.76. The molecular weight excluding hydrogens is 388 g/mol. The number of benzene rings is 1. The summed E-state index contributed by atoms with van der Waals surface area (Å²) in [5.41, 5.74) is 3.33. The Kier molecular flexibility index (Phi) is 11.1. The zero-order valence-electron chi connectivity index (χ0n) is 16.5. The van der Waals surface area contributed by atoms with Crippen LogP contribution in [0.3, 0.4) is 0 Å². The standard InChI is InChI=1S/C22H31N2O2S2/c1-2-18-27-28-19-15-23-12-4-3-5-21(23)9-6-20-7-10-22(11-8-20)24(13-16-25)14-17-26/h3-12,25-26H,2,13-19H2,1H3/q+1. The van der Waals surface area contributed by atoms with E-state index in [0.717, 1.165) is 23.5 Å². The van der Waals surface area contributed by atoms with Gasteiger partial charge in [-0.25, -0.2) is 0 Å². The van der Waals surface area contributed by atoms with Gasteiger partial charge in [0.25, 0.3) is 0 Å². The first-order valence-electron chi connectivity index (χ1n) is 9.76. The van der Waals surface area contributed by atoms with Gasteiger partial charge in [0.15, 0.2) is 12.7 Å². The lowest BCUT2D eigenvalue weighted by Gasteiger charge is -2.22. The Morgan fingerprint density at radius 2 is 1.64 bits per heavy atom. The molecule has 1 heterocycles. The van der Waals surface area contributed by atoms with Crippen molar-refractivity contribution in [1.82, 2.24) is 0 Å². The molecule has 28 heavy (non-hydrogen) atoms. The van der Waals surface area contributed by atoms with Crippen LogP contribution in [-0.2, 0) is 6.54 Å². The summed E-state index contributed by atoms with van der Waals surface area (Å²) in [6, 6.07) is 14.5. The van der Waals surface area contributed by atoms with E-state index in [0.29, 0.717) is 13.1 Å². The van der Waals surface area contributed by atoms with Crippen molar-refractivity contribution in [3.8, 4) is 0 Å². The number of pyridine rings is 1. The average molecular weight is 420 g/mol. The predicted molar refractivity (Wildman–Crippen MR) is 124 cm³/mol. The average Bonchev–Trinajstić information content (AvgIpc) is 2.73. The van der Waals surface area contributed by atoms with Crippen LogP contribution in [0.5, 0.6) is 0 Å². The van der Waals surface area contributed by atoms with Crippen molar-refractivity contribution in [3.63, 3.8) is 0 Å². The quantitative estimate of drug-likeness (QED) is 0.294. The van der Waals surface area contributed by atoms with Crippen LogP contribution in [-0.4, -0.2) is 48.0 Å². The number of aromatic nitrogens is 1. The van der Waals surface area contributed by atoms with E-state index >= 15 is 0 Å². The molecule has 0 aliphatic heterocycles. The minimum atomic E-state index is 0.0743. The molecule has 1 aromatic carbocycles. The Morgan fingerprint density at radius 1 is 0.929 bits per heavy atom. The molecule has 0 atom stereocenters. The second-order valence-corrected chi connectivity index (χ2v) is 9.02. The molecule has 0 aliphatic carbocycles. The maximum Gasteiger partial charge on any atom is 0.205 e. The summed E-state index contributed by atoms with van der Waals surface area (Å²) < 4.78 is 2.29. The van der Waals surface area contributed by atoms with E-state index in [1.165, 1.54) is 17.9 Å². The minimum absolute atomic E-state index is 0.0743. The van der Waals surface area contributed by atoms with Crippen LogP contribution in [0.4, 0.5) is 5.69 Å². The molecule has 0 fully saturated rings. The van der Waals surface area contributed by atoms with Crippen LogP contribution in [0.1, 0.15) is 24.6 Å². The normalized spacial score (nSPS) is 11.2. The van der Waals surface area contributed by atoms with Gasteiger partial charge in [-0.15, -0.1) is 0 Å². The lowest BCUT2D eigenvalue weighted by molar-refractivity contribution is -0.694. The van der Waals surface area contributed by atoms with E-state index in [2.05, 4.69) is 60.2 Å². The summed E-state index contributed by atoms with van der Waals surface area (Å²) in [6.45, 7) is 4.41. The van der Waals surface area contributed by atoms with Gasteiger partial charge in [0.2, 0.25) is 5.69 Å². The zero-order valence-corrected chi connectivity index (χ0v) is 18.2. The first-order chi connectivity index (χ1) is 13.8. The van der Waals surface area contributed by atoms with Crippen molar-refractivity contribution >= 4 is 39.4 Å². The van der Waals surface area contributed by atoms with Crippen molar-refractivity contribution in [3.05, 3.63) is 59.9 Å². The fourth-order valence-corrected chi connectivity index (χ4v) is 4.87. The third kappa shape index (κ3) is 7.87. The molecule has 1 aromatic heterocycles. The van der Waals surface area contributed by atoms with Gasteiger partial charge in [-0.3, -0.25) is 0 Å². The minimum Gasteiger partial charge on any atom is -0.395 e. The fourth-order valence-electron chi connectivity index (χ4n) is 2.77. The lowest BCUT2D eigenvalue weighted by atomic mass is 10.1. The first-order valence-corrected chi connectivity index (χ1v) is 12.2. The van der Waals surface area contributed by atoms with E-state index in [-0.39, 0.29) is 13.2 Å². The summed E-state index contributed by atoms with van der Waals surface area (Å²) in [5, 5.41) is 18.4. The maximum atomic E-state index is 9.18. The highest BCUT2D eigenvalue weighted by Gasteiger charge is 2.07. The van der Waals surface area contributed by atoms with Gasteiger partial charge >= 0.3 is 0 Å². The van der Waals surface area contributed by atoms with E-state index in [1.54, 1.807) is 0 Å². The third-order valence-electron chi connectivity index (χ3n) is 4.21. The molecule has 2 aromatic rings. The Bertz CT molecular complexity index is 702. The molecule has 0 radical (unpaired) electrons. The summed E-state index contributed by atoms with van der Waals surface area (Å²) in [6.07, 6.45) is 7.63. The molecule has 0 saturated heterocycles. The molecule has 0 amide bonds. The van der Waals surface area contributed by atoms with Crippen LogP contribution in [0, 0.1) is 0 Å².